The summed E-state index contributed by atoms with van der Waals surface area (Å²) >= 11 is 0. The molecule has 0 aliphatic carbocycles. The van der Waals surface area contributed by atoms with E-state index in [0.717, 1.165) is 25.4 Å². The SMILES string of the molecule is CC(C)COc1ccc(CNCc2ccccc2CO[Si](C)(C)C(C)(C)C)cc1. The number of nitrogens with one attached hydrogen (secondary N) is 1. The maximum absolute atomic E-state index is 6.44. The summed E-state index contributed by atoms with van der Waals surface area (Å²) in [6.07, 6.45) is 0. The van der Waals surface area contributed by atoms with Gasteiger partial charge in [0.1, 0.15) is 5.75 Å². The Labute approximate surface area is 179 Å². The summed E-state index contributed by atoms with van der Waals surface area (Å²) in [5.74, 6) is 1.48. The van der Waals surface area contributed by atoms with Crippen LogP contribution < -0.4 is 10.1 Å². The summed E-state index contributed by atoms with van der Waals surface area (Å²) in [6.45, 7) is 18.9. The third-order valence-electron chi connectivity index (χ3n) is 5.66. The molecule has 2 aromatic rings. The Morgan fingerprint density at radius 1 is 0.897 bits per heavy atom. The second-order valence-electron chi connectivity index (χ2n) is 9.77. The molecule has 2 rings (SSSR count). The lowest BCUT2D eigenvalue weighted by atomic mass is 10.1. The molecular formula is C25H39NO2Si. The normalized spacial score (nSPS) is 12.4. The molecule has 4 heteroatoms. The molecule has 0 radical (unpaired) electrons. The van der Waals surface area contributed by atoms with Crippen LogP contribution in [0.2, 0.25) is 18.1 Å². The van der Waals surface area contributed by atoms with Gasteiger partial charge in [-0.2, -0.15) is 0 Å². The zero-order chi connectivity index (χ0) is 21.5. The lowest BCUT2D eigenvalue weighted by Crippen LogP contribution is -2.40. The molecule has 0 fully saturated rings. The highest BCUT2D eigenvalue weighted by Crippen LogP contribution is 2.37. The van der Waals surface area contributed by atoms with Crippen LogP contribution in [0.1, 0.15) is 51.3 Å². The molecule has 0 heterocycles. The number of rotatable bonds is 10. The van der Waals surface area contributed by atoms with E-state index in [4.69, 9.17) is 9.16 Å². The van der Waals surface area contributed by atoms with Crippen LogP contribution in [-0.4, -0.2) is 14.9 Å². The Balaban J connectivity index is 1.88. The molecule has 0 spiro atoms. The van der Waals surface area contributed by atoms with Crippen LogP contribution in [0.3, 0.4) is 0 Å². The van der Waals surface area contributed by atoms with Crippen molar-refractivity contribution in [3.05, 3.63) is 65.2 Å². The van der Waals surface area contributed by atoms with Gasteiger partial charge >= 0.3 is 0 Å². The van der Waals surface area contributed by atoms with Crippen molar-refractivity contribution in [1.29, 1.82) is 0 Å². The van der Waals surface area contributed by atoms with Crippen LogP contribution in [0.15, 0.2) is 48.5 Å². The second-order valence-corrected chi connectivity index (χ2v) is 14.6. The van der Waals surface area contributed by atoms with E-state index in [-0.39, 0.29) is 5.04 Å². The van der Waals surface area contributed by atoms with E-state index >= 15 is 0 Å². The minimum atomic E-state index is -1.75. The molecule has 0 aliphatic heterocycles. The molecule has 160 valence electrons. The van der Waals surface area contributed by atoms with E-state index in [1.807, 2.05) is 0 Å². The first kappa shape index (κ1) is 23.7. The lowest BCUT2D eigenvalue weighted by molar-refractivity contribution is 0.271. The molecule has 0 saturated heterocycles. The minimum Gasteiger partial charge on any atom is -0.493 e. The summed E-state index contributed by atoms with van der Waals surface area (Å²) in [4.78, 5) is 0. The maximum Gasteiger partial charge on any atom is 0.192 e. The van der Waals surface area contributed by atoms with Crippen molar-refractivity contribution in [2.45, 2.75) is 72.4 Å². The fourth-order valence-corrected chi connectivity index (χ4v) is 3.60. The van der Waals surface area contributed by atoms with Gasteiger partial charge in [0.25, 0.3) is 0 Å². The fraction of sp³-hybridized carbons (Fsp3) is 0.520. The molecule has 1 N–H and O–H groups in total. The Morgan fingerprint density at radius 3 is 2.10 bits per heavy atom. The predicted octanol–water partition coefficient (Wildman–Crippen LogP) is 6.53. The highest BCUT2D eigenvalue weighted by Gasteiger charge is 2.37. The molecular weight excluding hydrogens is 374 g/mol. The second kappa shape index (κ2) is 10.4. The van der Waals surface area contributed by atoms with Crippen LogP contribution in [0.25, 0.3) is 0 Å². The van der Waals surface area contributed by atoms with Crippen LogP contribution in [0.5, 0.6) is 5.75 Å². The first-order chi connectivity index (χ1) is 13.6. The molecule has 0 amide bonds. The van der Waals surface area contributed by atoms with Crippen molar-refractivity contribution in [3.8, 4) is 5.75 Å². The standard InChI is InChI=1S/C25H39NO2Si/c1-20(2)18-27-24-14-12-21(13-15-24)16-26-17-22-10-8-9-11-23(22)19-28-29(6,7)25(3,4)5/h8-15,20,26H,16-19H2,1-7H3. The van der Waals surface area contributed by atoms with Crippen molar-refractivity contribution in [1.82, 2.24) is 5.32 Å². The third kappa shape index (κ3) is 7.61. The third-order valence-corrected chi connectivity index (χ3v) is 10.1. The van der Waals surface area contributed by atoms with Crippen LogP contribution in [-0.2, 0) is 24.1 Å². The fourth-order valence-electron chi connectivity index (χ4n) is 2.65. The molecule has 0 saturated carbocycles. The molecule has 2 aromatic carbocycles. The van der Waals surface area contributed by atoms with Gasteiger partial charge in [-0.25, -0.2) is 0 Å². The molecule has 0 aliphatic rings. The van der Waals surface area contributed by atoms with E-state index in [0.29, 0.717) is 12.5 Å². The van der Waals surface area contributed by atoms with E-state index < -0.39 is 8.32 Å². The first-order valence-electron chi connectivity index (χ1n) is 10.7. The molecule has 0 aromatic heterocycles. The number of hydrogen-bond acceptors (Lipinski definition) is 3. The van der Waals surface area contributed by atoms with Crippen molar-refractivity contribution in [2.75, 3.05) is 6.61 Å². The van der Waals surface area contributed by atoms with E-state index in [1.54, 1.807) is 0 Å². The molecule has 0 bridgehead atoms. The highest BCUT2D eigenvalue weighted by atomic mass is 28.4. The largest absolute Gasteiger partial charge is 0.493 e. The average molecular weight is 414 g/mol. The monoisotopic (exact) mass is 413 g/mol. The summed E-state index contributed by atoms with van der Waals surface area (Å²) in [5.41, 5.74) is 3.85. The Hall–Kier alpha value is -1.62. The summed E-state index contributed by atoms with van der Waals surface area (Å²) in [7, 11) is -1.75. The average Bonchev–Trinajstić information content (AvgIpc) is 2.65. The van der Waals surface area contributed by atoms with Gasteiger partial charge in [0, 0.05) is 13.1 Å². The first-order valence-corrected chi connectivity index (χ1v) is 13.6. The molecule has 0 atom stereocenters. The van der Waals surface area contributed by atoms with Crippen molar-refractivity contribution in [3.63, 3.8) is 0 Å². The Bertz CT molecular complexity index is 748. The lowest BCUT2D eigenvalue weighted by Gasteiger charge is -2.36. The van der Waals surface area contributed by atoms with E-state index in [2.05, 4.69) is 102 Å². The smallest absolute Gasteiger partial charge is 0.192 e. The van der Waals surface area contributed by atoms with Crippen molar-refractivity contribution < 1.29 is 9.16 Å². The Kier molecular flexibility index (Phi) is 8.50. The van der Waals surface area contributed by atoms with Crippen LogP contribution in [0, 0.1) is 5.92 Å². The van der Waals surface area contributed by atoms with Crippen LogP contribution >= 0.6 is 0 Å². The molecule has 0 unspecified atom stereocenters. The van der Waals surface area contributed by atoms with Crippen molar-refractivity contribution in [2.24, 2.45) is 5.92 Å². The van der Waals surface area contributed by atoms with Crippen LogP contribution in [0.4, 0.5) is 0 Å². The summed E-state index contributed by atoms with van der Waals surface area (Å²) < 4.78 is 12.2. The zero-order valence-corrected chi connectivity index (χ0v) is 20.3. The van der Waals surface area contributed by atoms with E-state index in [1.165, 1.54) is 16.7 Å². The van der Waals surface area contributed by atoms with Gasteiger partial charge < -0.3 is 14.5 Å². The topological polar surface area (TPSA) is 30.5 Å². The summed E-state index contributed by atoms with van der Waals surface area (Å²) in [5, 5.41) is 3.80. The number of benzene rings is 2. The zero-order valence-electron chi connectivity index (χ0n) is 19.3. The van der Waals surface area contributed by atoms with Gasteiger partial charge in [-0.15, -0.1) is 0 Å². The van der Waals surface area contributed by atoms with Gasteiger partial charge in [-0.1, -0.05) is 71.0 Å². The number of ether oxygens (including phenoxy) is 1. The molecule has 29 heavy (non-hydrogen) atoms. The van der Waals surface area contributed by atoms with Gasteiger partial charge in [0.15, 0.2) is 8.32 Å². The predicted molar refractivity (Wildman–Crippen MR) is 126 cm³/mol. The Morgan fingerprint density at radius 2 is 1.52 bits per heavy atom. The molecule has 3 nitrogen and oxygen atoms in total. The summed E-state index contributed by atoms with van der Waals surface area (Å²) in [6, 6.07) is 17.0. The highest BCUT2D eigenvalue weighted by molar-refractivity contribution is 6.74. The maximum atomic E-state index is 6.44. The minimum absolute atomic E-state index is 0.227. The van der Waals surface area contributed by atoms with E-state index in [9.17, 15) is 0 Å². The number of hydrogen-bond donors (Lipinski definition) is 1. The van der Waals surface area contributed by atoms with Gasteiger partial charge in [-0.05, 0) is 52.9 Å². The quantitative estimate of drug-likeness (QED) is 0.449. The van der Waals surface area contributed by atoms with Crippen molar-refractivity contribution >= 4 is 8.32 Å². The van der Waals surface area contributed by atoms with Gasteiger partial charge in [0.2, 0.25) is 0 Å². The van der Waals surface area contributed by atoms with Gasteiger partial charge in [-0.3, -0.25) is 0 Å². The van der Waals surface area contributed by atoms with Gasteiger partial charge in [0.05, 0.1) is 13.2 Å².